The summed E-state index contributed by atoms with van der Waals surface area (Å²) in [6, 6.07) is 38.3. The standard InChI is InChI=1S/C66H76N6O9/c1-4-37-69(58(42-47-26-11-7-12-27-47)63(76)72-40-23-36-57(72)65(78)80-43-48-28-13-8-14-29-48)61(74)55-34-19-21-38-70(55)62(75)56-35-20-22-39-71(56)64(77)59(45(3)5-2)68-60(73)54(41-46-24-9-6-10-25-46)67-66(79)81-44-53-51-32-17-15-30-49(51)50-31-16-18-33-52(50)53/h4,6-18,24-33,45,53-59H,1,5,19-23,34-44H2,2-3H3,(H,67,79)(H,68,73)/t45?,54-,55+,56-,57+,58-,59+/m1/s1. The second-order valence-corrected chi connectivity index (χ2v) is 21.9. The van der Waals surface area contributed by atoms with E-state index in [-0.39, 0.29) is 69.3 Å². The molecule has 3 fully saturated rings. The Kier molecular flexibility index (Phi) is 19.5. The summed E-state index contributed by atoms with van der Waals surface area (Å²) in [5.41, 5.74) is 6.72. The molecule has 6 amide bonds. The molecule has 0 bridgehead atoms. The molecule has 1 unspecified atom stereocenters. The molecule has 81 heavy (non-hydrogen) atoms. The molecule has 3 saturated heterocycles. The summed E-state index contributed by atoms with van der Waals surface area (Å²) in [7, 11) is 0. The Morgan fingerprint density at radius 2 is 1.14 bits per heavy atom. The molecule has 15 heteroatoms. The zero-order valence-electron chi connectivity index (χ0n) is 46.7. The number of nitrogens with zero attached hydrogens (tertiary/aromatic N) is 4. The fourth-order valence-corrected chi connectivity index (χ4v) is 12.2. The van der Waals surface area contributed by atoms with Gasteiger partial charge in [-0.25, -0.2) is 9.59 Å². The zero-order valence-corrected chi connectivity index (χ0v) is 46.7. The van der Waals surface area contributed by atoms with Crippen LogP contribution in [0.3, 0.4) is 0 Å². The van der Waals surface area contributed by atoms with Crippen LogP contribution in [0.2, 0.25) is 0 Å². The highest BCUT2D eigenvalue weighted by atomic mass is 16.5. The number of carbonyl (C=O) groups excluding carboxylic acids is 7. The SMILES string of the molecule is C=CCN(C(=O)[C@@H]1CCCCN1C(=O)[C@H]1CCCCN1C(=O)[C@@H](NC(=O)[C@@H](Cc1ccccc1)NC(=O)OCC1c2ccccc2-c2ccccc21)C(C)CC)[C@H](Cc1ccccc1)C(=O)N1CCC[C@H]1C(=O)OCc1ccccc1. The number of amides is 6. The number of hydrogen-bond donors (Lipinski definition) is 2. The van der Waals surface area contributed by atoms with Gasteiger partial charge in [0.1, 0.15) is 49.5 Å². The lowest BCUT2D eigenvalue weighted by Gasteiger charge is -2.44. The van der Waals surface area contributed by atoms with Crippen LogP contribution in [0.4, 0.5) is 4.79 Å². The molecule has 9 rings (SSSR count). The highest BCUT2D eigenvalue weighted by molar-refractivity contribution is 5.97. The average molecular weight is 1100 g/mol. The van der Waals surface area contributed by atoms with Gasteiger partial charge in [0.05, 0.1) is 0 Å². The highest BCUT2D eigenvalue weighted by Gasteiger charge is 2.47. The first kappa shape index (κ1) is 57.6. The van der Waals surface area contributed by atoms with Gasteiger partial charge in [-0.1, -0.05) is 166 Å². The maximum atomic E-state index is 15.4. The van der Waals surface area contributed by atoms with Crippen molar-refractivity contribution < 1.29 is 43.0 Å². The van der Waals surface area contributed by atoms with E-state index in [0.29, 0.717) is 64.3 Å². The molecule has 5 aromatic rings. The molecule has 3 heterocycles. The molecule has 3 aliphatic heterocycles. The van der Waals surface area contributed by atoms with Crippen LogP contribution >= 0.6 is 0 Å². The summed E-state index contributed by atoms with van der Waals surface area (Å²) in [4.78, 5) is 110. The summed E-state index contributed by atoms with van der Waals surface area (Å²) < 4.78 is 11.7. The minimum atomic E-state index is -1.12. The largest absolute Gasteiger partial charge is 0.459 e. The number of ether oxygens (including phenoxy) is 2. The summed E-state index contributed by atoms with van der Waals surface area (Å²) in [6.07, 6.45) is 5.89. The van der Waals surface area contributed by atoms with Crippen molar-refractivity contribution in [3.63, 3.8) is 0 Å². The summed E-state index contributed by atoms with van der Waals surface area (Å²) in [6.45, 7) is 8.76. The third kappa shape index (κ3) is 13.6. The fraction of sp³-hybridized carbons (Fsp3) is 0.409. The Morgan fingerprint density at radius 3 is 1.75 bits per heavy atom. The minimum absolute atomic E-state index is 0.00328. The predicted molar refractivity (Wildman–Crippen MR) is 309 cm³/mol. The fourth-order valence-electron chi connectivity index (χ4n) is 12.2. The van der Waals surface area contributed by atoms with E-state index in [4.69, 9.17) is 9.47 Å². The highest BCUT2D eigenvalue weighted by Crippen LogP contribution is 2.44. The van der Waals surface area contributed by atoms with Gasteiger partial charge in [0, 0.05) is 44.9 Å². The lowest BCUT2D eigenvalue weighted by molar-refractivity contribution is -0.160. The lowest BCUT2D eigenvalue weighted by Crippen LogP contribution is -2.64. The normalized spacial score (nSPS) is 19.2. The number of carbonyl (C=O) groups is 7. The van der Waals surface area contributed by atoms with Gasteiger partial charge in [0.25, 0.3) is 0 Å². The Labute approximate surface area is 476 Å². The maximum Gasteiger partial charge on any atom is 0.407 e. The lowest BCUT2D eigenvalue weighted by atomic mass is 9.92. The van der Waals surface area contributed by atoms with E-state index < -0.39 is 66.0 Å². The smallest absolute Gasteiger partial charge is 0.407 e. The van der Waals surface area contributed by atoms with Gasteiger partial charge >= 0.3 is 12.1 Å². The van der Waals surface area contributed by atoms with E-state index in [1.807, 2.05) is 141 Å². The number of likely N-dealkylation sites (tertiary alicyclic amines) is 3. The summed E-state index contributed by atoms with van der Waals surface area (Å²) in [5.74, 6) is -3.22. The van der Waals surface area contributed by atoms with Crippen LogP contribution in [-0.2, 0) is 57.7 Å². The van der Waals surface area contributed by atoms with Gasteiger partial charge in [-0.05, 0) is 96.2 Å². The number of benzene rings is 5. The number of fused-ring (bicyclic) bond motifs is 3. The number of alkyl carbamates (subject to hydrolysis) is 1. The van der Waals surface area contributed by atoms with Gasteiger partial charge in [-0.3, -0.25) is 24.0 Å². The Morgan fingerprint density at radius 1 is 0.605 bits per heavy atom. The molecule has 0 spiro atoms. The molecule has 7 atom stereocenters. The van der Waals surface area contributed by atoms with Crippen LogP contribution in [0.15, 0.2) is 152 Å². The Bertz CT molecular complexity index is 2970. The minimum Gasteiger partial charge on any atom is -0.459 e. The molecule has 0 aromatic heterocycles. The van der Waals surface area contributed by atoms with Crippen molar-refractivity contribution in [2.75, 3.05) is 32.8 Å². The van der Waals surface area contributed by atoms with Crippen LogP contribution in [0.5, 0.6) is 0 Å². The quantitative estimate of drug-likeness (QED) is 0.0538. The van der Waals surface area contributed by atoms with E-state index in [9.17, 15) is 14.4 Å². The summed E-state index contributed by atoms with van der Waals surface area (Å²) in [5, 5.41) is 5.88. The molecular weight excluding hydrogens is 1020 g/mol. The third-order valence-corrected chi connectivity index (χ3v) is 16.7. The van der Waals surface area contributed by atoms with Crippen LogP contribution in [0.1, 0.15) is 105 Å². The first-order valence-corrected chi connectivity index (χ1v) is 29.0. The molecular formula is C66H76N6O9. The second kappa shape index (κ2) is 27.4. The number of rotatable bonds is 21. The monoisotopic (exact) mass is 1100 g/mol. The number of hydrogen-bond acceptors (Lipinski definition) is 9. The van der Waals surface area contributed by atoms with Crippen molar-refractivity contribution in [3.8, 4) is 11.1 Å². The first-order chi connectivity index (χ1) is 39.4. The predicted octanol–water partition coefficient (Wildman–Crippen LogP) is 8.79. The number of esters is 1. The van der Waals surface area contributed by atoms with Crippen LogP contribution in [0, 0.1) is 5.92 Å². The van der Waals surface area contributed by atoms with Crippen molar-refractivity contribution in [1.29, 1.82) is 0 Å². The van der Waals surface area contributed by atoms with Crippen LogP contribution in [-0.4, -0.2) is 130 Å². The summed E-state index contributed by atoms with van der Waals surface area (Å²) >= 11 is 0. The second-order valence-electron chi connectivity index (χ2n) is 21.9. The van der Waals surface area contributed by atoms with E-state index in [1.54, 1.807) is 20.8 Å². The molecule has 0 saturated carbocycles. The maximum absolute atomic E-state index is 15.4. The topological polar surface area (TPSA) is 175 Å². The van der Waals surface area contributed by atoms with E-state index in [2.05, 4.69) is 29.3 Å². The van der Waals surface area contributed by atoms with E-state index in [0.717, 1.165) is 38.9 Å². The molecule has 1 aliphatic carbocycles. The van der Waals surface area contributed by atoms with Crippen molar-refractivity contribution in [3.05, 3.63) is 180 Å². The number of nitrogens with one attached hydrogen (secondary N) is 2. The van der Waals surface area contributed by atoms with E-state index >= 15 is 19.2 Å². The van der Waals surface area contributed by atoms with Crippen molar-refractivity contribution in [1.82, 2.24) is 30.2 Å². The van der Waals surface area contributed by atoms with Crippen LogP contribution < -0.4 is 10.6 Å². The Balaban J connectivity index is 0.920. The molecule has 15 nitrogen and oxygen atoms in total. The first-order valence-electron chi connectivity index (χ1n) is 29.0. The third-order valence-electron chi connectivity index (χ3n) is 16.7. The van der Waals surface area contributed by atoms with E-state index in [1.165, 1.54) is 4.90 Å². The van der Waals surface area contributed by atoms with Gasteiger partial charge in [0.15, 0.2) is 0 Å². The van der Waals surface area contributed by atoms with Crippen LogP contribution in [0.25, 0.3) is 11.1 Å². The number of piperidine rings is 2. The zero-order chi connectivity index (χ0) is 56.8. The van der Waals surface area contributed by atoms with Gasteiger partial charge < -0.3 is 39.7 Å². The molecule has 0 radical (unpaired) electrons. The van der Waals surface area contributed by atoms with Crippen molar-refractivity contribution in [2.24, 2.45) is 5.92 Å². The van der Waals surface area contributed by atoms with Gasteiger partial charge in [0.2, 0.25) is 29.5 Å². The van der Waals surface area contributed by atoms with Crippen molar-refractivity contribution in [2.45, 2.75) is 133 Å². The Hall–Kier alpha value is -8.07. The van der Waals surface area contributed by atoms with Crippen molar-refractivity contribution >= 4 is 41.6 Å². The molecule has 2 N–H and O–H groups in total. The van der Waals surface area contributed by atoms with Gasteiger partial charge in [-0.2, -0.15) is 0 Å². The average Bonchev–Trinajstić information content (AvgIpc) is 4.38. The molecule has 5 aromatic carbocycles. The molecule has 4 aliphatic rings. The van der Waals surface area contributed by atoms with Gasteiger partial charge in [-0.15, -0.1) is 6.58 Å². The molecule has 424 valence electrons.